The molecule has 8 amide bonds. The van der Waals surface area contributed by atoms with Crippen LogP contribution in [0.1, 0.15) is 24.5 Å². The highest BCUT2D eigenvalue weighted by atomic mass is 16.5. The highest BCUT2D eigenvalue weighted by Gasteiger charge is 2.26. The minimum absolute atomic E-state index is 0.0162. The molecule has 2 heterocycles. The average Bonchev–Trinajstić information content (AvgIpc) is 3.56. The van der Waals surface area contributed by atoms with Crippen molar-refractivity contribution in [2.75, 3.05) is 90.6 Å². The van der Waals surface area contributed by atoms with Crippen LogP contribution in [-0.2, 0) is 70.4 Å². The normalized spacial score (nSPS) is 15.4. The van der Waals surface area contributed by atoms with E-state index in [2.05, 4.69) is 26.6 Å². The Balaban J connectivity index is 1.15. The van der Waals surface area contributed by atoms with Crippen LogP contribution in [-0.4, -0.2) is 159 Å². The Kier molecular flexibility index (Phi) is 19.5. The van der Waals surface area contributed by atoms with Crippen molar-refractivity contribution in [3.05, 3.63) is 77.9 Å². The fraction of sp³-hybridized carbons (Fsp3) is 0.439. The molecule has 61 heavy (non-hydrogen) atoms. The number of anilines is 1. The van der Waals surface area contributed by atoms with Gasteiger partial charge >= 0.3 is 5.97 Å². The third kappa shape index (κ3) is 17.7. The Hall–Kier alpha value is -6.51. The number of benzene rings is 2. The highest BCUT2D eigenvalue weighted by molar-refractivity contribution is 6.13. The highest BCUT2D eigenvalue weighted by Crippen LogP contribution is 2.11. The molecule has 0 spiro atoms. The Morgan fingerprint density at radius 1 is 0.689 bits per heavy atom. The summed E-state index contributed by atoms with van der Waals surface area (Å²) in [5.41, 5.74) is 1.92. The number of carbonyl (C=O) groups excluding carboxylic acids is 9. The van der Waals surface area contributed by atoms with Crippen LogP contribution in [0.15, 0.2) is 66.7 Å². The average molecular weight is 849 g/mol. The van der Waals surface area contributed by atoms with E-state index in [9.17, 15) is 43.2 Å². The minimum Gasteiger partial charge on any atom is -0.461 e. The number of amides is 8. The number of ether oxygens (including phenoxy) is 3. The second-order valence-electron chi connectivity index (χ2n) is 13.9. The van der Waals surface area contributed by atoms with Crippen LogP contribution in [0.5, 0.6) is 0 Å². The third-order valence-electron chi connectivity index (χ3n) is 9.21. The summed E-state index contributed by atoms with van der Waals surface area (Å²) in [6, 6.07) is 14.4. The van der Waals surface area contributed by atoms with E-state index >= 15 is 0 Å². The number of nitrogens with one attached hydrogen (secondary N) is 5. The van der Waals surface area contributed by atoms with Gasteiger partial charge in [-0.05, 0) is 23.3 Å². The lowest BCUT2D eigenvalue weighted by molar-refractivity contribution is -0.142. The molecule has 0 aliphatic carbocycles. The maximum atomic E-state index is 13.2. The van der Waals surface area contributed by atoms with Gasteiger partial charge in [0.25, 0.3) is 11.8 Å². The Bertz CT molecular complexity index is 1860. The van der Waals surface area contributed by atoms with E-state index in [1.165, 1.54) is 19.1 Å². The van der Waals surface area contributed by atoms with E-state index in [4.69, 9.17) is 14.2 Å². The van der Waals surface area contributed by atoms with E-state index in [1.807, 2.05) is 0 Å². The number of carbonyl (C=O) groups is 9. The van der Waals surface area contributed by atoms with E-state index in [-0.39, 0.29) is 78.0 Å². The molecule has 20 heteroatoms. The first-order valence-electron chi connectivity index (χ1n) is 19.7. The first-order valence-corrected chi connectivity index (χ1v) is 19.7. The number of nitrogens with zero attached hydrogens (tertiary/aromatic N) is 3. The van der Waals surface area contributed by atoms with E-state index < -0.39 is 73.0 Å². The van der Waals surface area contributed by atoms with Gasteiger partial charge in [0.2, 0.25) is 35.4 Å². The molecular formula is C41H52N8O12. The van der Waals surface area contributed by atoms with Crippen LogP contribution >= 0.6 is 0 Å². The molecule has 5 N–H and O–H groups in total. The zero-order valence-electron chi connectivity index (χ0n) is 34.0. The maximum Gasteiger partial charge on any atom is 0.302 e. The minimum atomic E-state index is -1.09. The van der Waals surface area contributed by atoms with Gasteiger partial charge in [-0.2, -0.15) is 0 Å². The first-order chi connectivity index (χ1) is 29.4. The smallest absolute Gasteiger partial charge is 0.302 e. The second kappa shape index (κ2) is 25.2. The van der Waals surface area contributed by atoms with Gasteiger partial charge in [-0.3, -0.25) is 53.0 Å². The zero-order chi connectivity index (χ0) is 44.0. The molecule has 0 radical (unpaired) electrons. The molecular weight excluding hydrogens is 796 g/mol. The molecule has 2 aliphatic rings. The number of rotatable bonds is 18. The molecule has 2 aromatic rings. The van der Waals surface area contributed by atoms with Gasteiger partial charge in [-0.25, -0.2) is 0 Å². The Labute approximate surface area is 352 Å². The molecule has 4 rings (SSSR count). The molecule has 20 nitrogen and oxygen atoms in total. The van der Waals surface area contributed by atoms with Crippen LogP contribution < -0.4 is 26.6 Å². The quantitative estimate of drug-likeness (QED) is 0.0827. The van der Waals surface area contributed by atoms with Crippen molar-refractivity contribution < 1.29 is 57.4 Å². The fourth-order valence-corrected chi connectivity index (χ4v) is 5.94. The molecule has 0 unspecified atom stereocenters. The van der Waals surface area contributed by atoms with Crippen molar-refractivity contribution in [2.24, 2.45) is 0 Å². The van der Waals surface area contributed by atoms with Gasteiger partial charge in [0.05, 0.1) is 52.6 Å². The van der Waals surface area contributed by atoms with Crippen molar-refractivity contribution in [3.8, 4) is 0 Å². The number of hydrogen-bond acceptors (Lipinski definition) is 13. The van der Waals surface area contributed by atoms with Gasteiger partial charge in [-0.1, -0.05) is 42.5 Å². The van der Waals surface area contributed by atoms with Crippen molar-refractivity contribution in [1.29, 1.82) is 0 Å². The molecule has 1 saturated heterocycles. The molecule has 0 bridgehead atoms. The van der Waals surface area contributed by atoms with Crippen LogP contribution in [0.2, 0.25) is 0 Å². The summed E-state index contributed by atoms with van der Waals surface area (Å²) in [7, 11) is 0. The molecule has 0 aromatic heterocycles. The largest absolute Gasteiger partial charge is 0.461 e. The number of imide groups is 1. The maximum absolute atomic E-state index is 13.2. The molecule has 2 aromatic carbocycles. The number of esters is 1. The predicted molar refractivity (Wildman–Crippen MR) is 217 cm³/mol. The molecule has 0 saturated carbocycles. The molecule has 1 fully saturated rings. The lowest BCUT2D eigenvalue weighted by atomic mass is 10.1. The molecule has 2 aliphatic heterocycles. The van der Waals surface area contributed by atoms with E-state index in [0.29, 0.717) is 18.8 Å². The van der Waals surface area contributed by atoms with Crippen LogP contribution in [0.3, 0.4) is 0 Å². The predicted octanol–water partition coefficient (Wildman–Crippen LogP) is -1.74. The summed E-state index contributed by atoms with van der Waals surface area (Å²) in [6.07, 6.45) is 2.42. The van der Waals surface area contributed by atoms with Crippen molar-refractivity contribution in [2.45, 2.75) is 32.4 Å². The number of hydrogen-bond donors (Lipinski definition) is 5. The monoisotopic (exact) mass is 848 g/mol. The topological polar surface area (TPSA) is 251 Å². The van der Waals surface area contributed by atoms with Gasteiger partial charge in [-0.15, -0.1) is 0 Å². The summed E-state index contributed by atoms with van der Waals surface area (Å²) in [5.74, 6) is -4.46. The Morgan fingerprint density at radius 3 is 1.92 bits per heavy atom. The summed E-state index contributed by atoms with van der Waals surface area (Å²) < 4.78 is 16.4. The molecule has 1 atom stereocenters. The van der Waals surface area contributed by atoms with Crippen molar-refractivity contribution in [1.82, 2.24) is 36.0 Å². The summed E-state index contributed by atoms with van der Waals surface area (Å²) in [4.78, 5) is 116. The second-order valence-corrected chi connectivity index (χ2v) is 13.9. The fourth-order valence-electron chi connectivity index (χ4n) is 5.94. The summed E-state index contributed by atoms with van der Waals surface area (Å²) in [6.45, 7) is 2.23. The van der Waals surface area contributed by atoms with Gasteiger partial charge in [0, 0.05) is 70.3 Å². The standard InChI is InChI=1S/C41H52N8O12/c1-29(50)61-28-31-7-9-32(10-8-31)45-35(52)26-44-41(58)33(23-30-5-3-2-4-6-30)46-36(53)25-42-34(51)24-43-37(54)27-47-15-19-59-21-17-48(18-22-60-20-16-47)38(55)13-14-49-39(56)11-12-40(49)57/h2-12,33H,13-28H2,1H3,(H,42,51)(H,43,54)(H,44,58)(H,45,52)(H,46,53)/t33-/m0/s1. The van der Waals surface area contributed by atoms with E-state index in [1.54, 1.807) is 64.4 Å². The van der Waals surface area contributed by atoms with Gasteiger partial charge < -0.3 is 45.7 Å². The SMILES string of the molecule is CC(=O)OCc1ccc(NC(=O)CNC(=O)[C@H](Cc2ccccc2)NC(=O)CNC(=O)CNC(=O)CN2CCOCCN(C(=O)CCN3C(=O)C=CC3=O)CCOCC2)cc1. The van der Waals surface area contributed by atoms with Crippen LogP contribution in [0, 0.1) is 0 Å². The van der Waals surface area contributed by atoms with Crippen LogP contribution in [0.25, 0.3) is 0 Å². The lowest BCUT2D eigenvalue weighted by Crippen LogP contribution is -2.52. The van der Waals surface area contributed by atoms with Gasteiger partial charge in [0.15, 0.2) is 0 Å². The third-order valence-corrected chi connectivity index (χ3v) is 9.21. The first kappa shape index (κ1) is 47.2. The Morgan fingerprint density at radius 2 is 1.28 bits per heavy atom. The van der Waals surface area contributed by atoms with Crippen LogP contribution in [0.4, 0.5) is 5.69 Å². The van der Waals surface area contributed by atoms with Gasteiger partial charge in [0.1, 0.15) is 12.6 Å². The lowest BCUT2D eigenvalue weighted by Gasteiger charge is -2.26. The zero-order valence-corrected chi connectivity index (χ0v) is 34.0. The summed E-state index contributed by atoms with van der Waals surface area (Å²) in [5, 5.41) is 12.7. The van der Waals surface area contributed by atoms with Crippen molar-refractivity contribution in [3.63, 3.8) is 0 Å². The summed E-state index contributed by atoms with van der Waals surface area (Å²) >= 11 is 0. The van der Waals surface area contributed by atoms with E-state index in [0.717, 1.165) is 16.0 Å². The van der Waals surface area contributed by atoms with Crippen molar-refractivity contribution >= 4 is 58.9 Å². The molecule has 328 valence electrons.